The van der Waals surface area contributed by atoms with Crippen molar-refractivity contribution in [1.82, 2.24) is 9.78 Å². The molecule has 0 bridgehead atoms. The molecule has 0 aliphatic heterocycles. The Hall–Kier alpha value is -3.88. The first-order chi connectivity index (χ1) is 14.3. The molecule has 0 fully saturated rings. The number of nitrogens with two attached hydrogens (primary N) is 1. The maximum atomic E-state index is 14.6. The normalized spacial score (nSPS) is 10.5. The van der Waals surface area contributed by atoms with Gasteiger partial charge in [0.2, 0.25) is 0 Å². The molecule has 0 atom stereocenters. The van der Waals surface area contributed by atoms with Gasteiger partial charge in [-0.15, -0.1) is 0 Å². The number of anilines is 1. The maximum Gasteiger partial charge on any atom is 0.255 e. The van der Waals surface area contributed by atoms with Gasteiger partial charge in [-0.1, -0.05) is 0 Å². The molecule has 0 aliphatic carbocycles. The van der Waals surface area contributed by atoms with Crippen LogP contribution in [-0.4, -0.2) is 35.3 Å². The Morgan fingerprint density at radius 3 is 2.50 bits per heavy atom. The van der Waals surface area contributed by atoms with E-state index in [-0.39, 0.29) is 35.0 Å². The summed E-state index contributed by atoms with van der Waals surface area (Å²) >= 11 is 0. The van der Waals surface area contributed by atoms with E-state index < -0.39 is 17.6 Å². The molecule has 3 N–H and O–H groups in total. The van der Waals surface area contributed by atoms with Gasteiger partial charge < -0.3 is 20.5 Å². The Kier molecular flexibility index (Phi) is 6.01. The summed E-state index contributed by atoms with van der Waals surface area (Å²) in [4.78, 5) is 23.4. The maximum absolute atomic E-state index is 14.6. The summed E-state index contributed by atoms with van der Waals surface area (Å²) in [7, 11) is 1.40. The van der Waals surface area contributed by atoms with Crippen LogP contribution in [0.5, 0.6) is 11.5 Å². The average molecular weight is 412 g/mol. The molecule has 156 valence electrons. The van der Waals surface area contributed by atoms with Crippen molar-refractivity contribution in [2.45, 2.75) is 13.8 Å². The molecular weight excluding hydrogens is 391 g/mol. The number of methoxy groups -OCH3 is 1. The van der Waals surface area contributed by atoms with Crippen molar-refractivity contribution in [2.75, 3.05) is 19.0 Å². The van der Waals surface area contributed by atoms with E-state index in [1.54, 1.807) is 12.1 Å². The fourth-order valence-corrected chi connectivity index (χ4v) is 2.91. The first-order valence-electron chi connectivity index (χ1n) is 9.02. The molecule has 8 nitrogen and oxygen atoms in total. The number of nitrogens with zero attached hydrogens (tertiary/aromatic N) is 2. The largest absolute Gasteiger partial charge is 0.493 e. The summed E-state index contributed by atoms with van der Waals surface area (Å²) in [6, 6.07) is 10.6. The van der Waals surface area contributed by atoms with Crippen LogP contribution in [0.1, 0.15) is 21.7 Å². The highest BCUT2D eigenvalue weighted by Crippen LogP contribution is 2.28. The standard InChI is InChI=1S/C21H21FN4O4/c1-12-8-13(2)26(25-12)17-6-5-15(10-16(17)22)24-21(28)14-4-7-18(19(9-14)29-3)30-11-20(23)27/h4-10H,11H2,1-3H3,(H2,23,27)(H,24,28). The summed E-state index contributed by atoms with van der Waals surface area (Å²) in [6.07, 6.45) is 0. The van der Waals surface area contributed by atoms with Gasteiger partial charge in [0, 0.05) is 16.9 Å². The topological polar surface area (TPSA) is 108 Å². The minimum absolute atomic E-state index is 0.259. The second-order valence-corrected chi connectivity index (χ2v) is 6.58. The van der Waals surface area contributed by atoms with E-state index in [0.717, 1.165) is 11.4 Å². The van der Waals surface area contributed by atoms with E-state index in [4.69, 9.17) is 15.2 Å². The number of amides is 2. The van der Waals surface area contributed by atoms with Crippen molar-refractivity contribution in [3.8, 4) is 17.2 Å². The summed E-state index contributed by atoms with van der Waals surface area (Å²) < 4.78 is 26.5. The lowest BCUT2D eigenvalue weighted by Crippen LogP contribution is -2.20. The van der Waals surface area contributed by atoms with Gasteiger partial charge in [0.25, 0.3) is 11.8 Å². The monoisotopic (exact) mass is 412 g/mol. The second-order valence-electron chi connectivity index (χ2n) is 6.58. The Labute approximate surface area is 172 Å². The van der Waals surface area contributed by atoms with Gasteiger partial charge in [-0.25, -0.2) is 9.07 Å². The molecule has 9 heteroatoms. The summed E-state index contributed by atoms with van der Waals surface area (Å²) in [6.45, 7) is 3.34. The first-order valence-corrected chi connectivity index (χ1v) is 9.02. The molecule has 3 rings (SSSR count). The summed E-state index contributed by atoms with van der Waals surface area (Å²) in [5.74, 6) is -1.09. The van der Waals surface area contributed by atoms with Crippen molar-refractivity contribution in [1.29, 1.82) is 0 Å². The van der Waals surface area contributed by atoms with Crippen LogP contribution in [0.2, 0.25) is 0 Å². The molecule has 1 aromatic heterocycles. The van der Waals surface area contributed by atoms with Gasteiger partial charge in [-0.05, 0) is 56.3 Å². The summed E-state index contributed by atoms with van der Waals surface area (Å²) in [5, 5.41) is 6.91. The number of aryl methyl sites for hydroxylation is 2. The highest BCUT2D eigenvalue weighted by Gasteiger charge is 2.14. The molecule has 2 aromatic carbocycles. The molecule has 0 radical (unpaired) electrons. The predicted molar refractivity (Wildman–Crippen MR) is 109 cm³/mol. The molecular formula is C21H21FN4O4. The van der Waals surface area contributed by atoms with Gasteiger partial charge in [-0.2, -0.15) is 5.10 Å². The number of ether oxygens (including phenoxy) is 2. The third-order valence-electron chi connectivity index (χ3n) is 4.24. The lowest BCUT2D eigenvalue weighted by molar-refractivity contribution is -0.119. The highest BCUT2D eigenvalue weighted by molar-refractivity contribution is 6.04. The Balaban J connectivity index is 1.78. The number of carbonyl (C=O) groups excluding carboxylic acids is 2. The van der Waals surface area contributed by atoms with Gasteiger partial charge in [0.1, 0.15) is 5.69 Å². The second kappa shape index (κ2) is 8.64. The quantitative estimate of drug-likeness (QED) is 0.620. The minimum atomic E-state index is -0.634. The number of nitrogens with one attached hydrogen (secondary N) is 1. The zero-order valence-electron chi connectivity index (χ0n) is 16.7. The molecule has 0 aliphatic rings. The molecule has 2 amide bonds. The van der Waals surface area contributed by atoms with E-state index in [2.05, 4.69) is 10.4 Å². The van der Waals surface area contributed by atoms with E-state index in [0.29, 0.717) is 0 Å². The van der Waals surface area contributed by atoms with E-state index >= 15 is 0 Å². The lowest BCUT2D eigenvalue weighted by Gasteiger charge is -2.12. The smallest absolute Gasteiger partial charge is 0.255 e. The number of hydrogen-bond acceptors (Lipinski definition) is 5. The lowest BCUT2D eigenvalue weighted by atomic mass is 10.1. The van der Waals surface area contributed by atoms with Crippen molar-refractivity contribution in [3.63, 3.8) is 0 Å². The van der Waals surface area contributed by atoms with Crippen LogP contribution in [0.15, 0.2) is 42.5 Å². The average Bonchev–Trinajstić information content (AvgIpc) is 3.04. The zero-order chi connectivity index (χ0) is 21.8. The van der Waals surface area contributed by atoms with E-state index in [1.165, 1.54) is 36.1 Å². The van der Waals surface area contributed by atoms with Crippen LogP contribution in [0.25, 0.3) is 5.69 Å². The van der Waals surface area contributed by atoms with Crippen LogP contribution in [-0.2, 0) is 4.79 Å². The number of hydrogen-bond donors (Lipinski definition) is 2. The number of carbonyl (C=O) groups is 2. The van der Waals surface area contributed by atoms with Crippen molar-refractivity contribution >= 4 is 17.5 Å². The Bertz CT molecular complexity index is 1110. The first kappa shape index (κ1) is 20.8. The number of benzene rings is 2. The van der Waals surface area contributed by atoms with E-state index in [9.17, 15) is 14.0 Å². The fourth-order valence-electron chi connectivity index (χ4n) is 2.91. The molecule has 0 spiro atoms. The number of rotatable bonds is 7. The van der Waals surface area contributed by atoms with Crippen LogP contribution in [0, 0.1) is 19.7 Å². The predicted octanol–water partition coefficient (Wildman–Crippen LogP) is 2.75. The third-order valence-corrected chi connectivity index (χ3v) is 4.24. The highest BCUT2D eigenvalue weighted by atomic mass is 19.1. The third kappa shape index (κ3) is 4.57. The summed E-state index contributed by atoms with van der Waals surface area (Å²) in [5.41, 5.74) is 7.48. The Morgan fingerprint density at radius 1 is 1.13 bits per heavy atom. The molecule has 0 unspecified atom stereocenters. The fraction of sp³-hybridized carbons (Fsp3) is 0.190. The van der Waals surface area contributed by atoms with Gasteiger partial charge >= 0.3 is 0 Å². The molecule has 30 heavy (non-hydrogen) atoms. The SMILES string of the molecule is COc1cc(C(=O)Nc2ccc(-n3nc(C)cc3C)c(F)c2)ccc1OCC(N)=O. The molecule has 3 aromatic rings. The number of aromatic nitrogens is 2. The van der Waals surface area contributed by atoms with Gasteiger partial charge in [-0.3, -0.25) is 9.59 Å². The van der Waals surface area contributed by atoms with Crippen LogP contribution in [0.3, 0.4) is 0 Å². The van der Waals surface area contributed by atoms with Gasteiger partial charge in [0.05, 0.1) is 12.8 Å². The van der Waals surface area contributed by atoms with E-state index in [1.807, 2.05) is 19.9 Å². The molecule has 1 heterocycles. The number of halogens is 1. The molecule has 0 saturated carbocycles. The number of primary amides is 1. The molecule has 0 saturated heterocycles. The van der Waals surface area contributed by atoms with Crippen LogP contribution >= 0.6 is 0 Å². The Morgan fingerprint density at radius 2 is 1.90 bits per heavy atom. The zero-order valence-corrected chi connectivity index (χ0v) is 16.7. The van der Waals surface area contributed by atoms with Crippen molar-refractivity contribution in [2.24, 2.45) is 5.73 Å². The van der Waals surface area contributed by atoms with Crippen molar-refractivity contribution in [3.05, 3.63) is 65.2 Å². The van der Waals surface area contributed by atoms with Crippen molar-refractivity contribution < 1.29 is 23.5 Å². The van der Waals surface area contributed by atoms with Crippen LogP contribution < -0.4 is 20.5 Å². The minimum Gasteiger partial charge on any atom is -0.493 e. The van der Waals surface area contributed by atoms with Gasteiger partial charge in [0.15, 0.2) is 23.9 Å². The van der Waals surface area contributed by atoms with Crippen LogP contribution in [0.4, 0.5) is 10.1 Å².